The Labute approximate surface area is 544 Å². The fourth-order valence-corrected chi connectivity index (χ4v) is 10.4. The molecule has 3 atom stereocenters. The van der Waals surface area contributed by atoms with E-state index in [1.807, 2.05) is 12.1 Å². The van der Waals surface area contributed by atoms with E-state index < -0.39 is 77.8 Å². The molecule has 0 fully saturated rings. The average Bonchev–Trinajstić information content (AvgIpc) is 1.56. The summed E-state index contributed by atoms with van der Waals surface area (Å²) in [4.78, 5) is 143. The Morgan fingerprint density at radius 1 is 0.809 bits per heavy atom. The lowest BCUT2D eigenvalue weighted by molar-refractivity contribution is -0.137. The van der Waals surface area contributed by atoms with Gasteiger partial charge in [0, 0.05) is 91.8 Å². The molecule has 0 spiro atoms. The number of anilines is 3. The zero-order valence-electron chi connectivity index (χ0n) is 51.7. The Hall–Kier alpha value is -10.4. The van der Waals surface area contributed by atoms with Crippen molar-refractivity contribution < 1.29 is 81.8 Å². The highest BCUT2D eigenvalue weighted by atomic mass is 35.5. The molecule has 8 rings (SSSR count). The molecule has 0 saturated heterocycles. The van der Waals surface area contributed by atoms with Crippen LogP contribution < -0.4 is 42.0 Å². The number of aliphatic hydroxyl groups is 1. The van der Waals surface area contributed by atoms with Crippen molar-refractivity contribution in [3.63, 3.8) is 0 Å². The van der Waals surface area contributed by atoms with Crippen molar-refractivity contribution in [3.8, 4) is 11.5 Å². The van der Waals surface area contributed by atoms with Crippen LogP contribution in [0.1, 0.15) is 64.6 Å². The molecule has 10 N–H and O–H groups in total. The molecule has 0 aliphatic carbocycles. The number of nitrogens with one attached hydrogen (secondary N) is 6. The minimum atomic E-state index is -1.16. The first kappa shape index (κ1) is 69.5. The fraction of sp³-hybridized carbons (Fsp3) is 0.359. The normalized spacial score (nSPS) is 13.9. The lowest BCUT2D eigenvalue weighted by atomic mass is 9.95. The Kier molecular flexibility index (Phi) is 24.6. The number of primary amides is 1. The standard InChI is InChI=1S/C64H73ClN12O17/c1-38(2)56(73-62(87)92-30-29-91-27-24-76-53(80)18-19-54(76)81)59(84)71-47(9-6-20-67-61(66)86)58(83)69-43-14-10-39(11-15-43)37-93-63(88)74(3)21-22-75(23-26-90-28-25-78)64(89)94-51-33-50-55(46-8-5-4-7-45(46)51)42(34-65)36-77(50)60(85)48-31-41-32-52(68-35-49(41)70-48)72-57(82)40-12-16-44(79)17-13-40/h4-5,7-8,10-19,31-33,35,38,42,47,56,70,78-79H,6,9,20-30,34,36-37H2,1-3H3,(H,69,83)(H,71,84)(H,73,87)(H3,66,67,86)(H,68,72,82)/t42-,47+,56+/m1/s1. The molecule has 0 unspecified atom stereocenters. The number of carbonyl (C=O) groups excluding carboxylic acids is 10. The van der Waals surface area contributed by atoms with Gasteiger partial charge in [-0.3, -0.25) is 33.7 Å². The molecule has 2 aromatic heterocycles. The molecule has 0 radical (unpaired) electrons. The maximum absolute atomic E-state index is 14.5. The highest BCUT2D eigenvalue weighted by Gasteiger charge is 2.37. The number of amides is 11. The maximum Gasteiger partial charge on any atom is 0.415 e. The molecule has 498 valence electrons. The summed E-state index contributed by atoms with van der Waals surface area (Å²) in [5, 5.41) is 34.0. The average molecular weight is 1320 g/mol. The molecular weight excluding hydrogens is 1240 g/mol. The number of rotatable bonds is 31. The van der Waals surface area contributed by atoms with Crippen LogP contribution in [-0.4, -0.2) is 199 Å². The molecule has 30 heteroatoms. The van der Waals surface area contributed by atoms with Crippen LogP contribution in [0.2, 0.25) is 0 Å². The summed E-state index contributed by atoms with van der Waals surface area (Å²) < 4.78 is 27.8. The van der Waals surface area contributed by atoms with E-state index in [4.69, 9.17) is 41.0 Å². The number of aromatic amines is 1. The van der Waals surface area contributed by atoms with Crippen LogP contribution in [-0.2, 0) is 44.7 Å². The number of hydrogen-bond acceptors (Lipinski definition) is 18. The first-order chi connectivity index (χ1) is 45.2. The van der Waals surface area contributed by atoms with Gasteiger partial charge in [-0.1, -0.05) is 50.2 Å². The fourth-order valence-electron chi connectivity index (χ4n) is 10.2. The van der Waals surface area contributed by atoms with Gasteiger partial charge in [-0.15, -0.1) is 11.6 Å². The second kappa shape index (κ2) is 33.3. The maximum atomic E-state index is 14.5. The number of alkyl carbamates (subject to hydrolysis) is 1. The lowest BCUT2D eigenvalue weighted by Gasteiger charge is -2.26. The summed E-state index contributed by atoms with van der Waals surface area (Å²) in [5.41, 5.74) is 8.36. The number of phenols is 1. The molecular formula is C64H73ClN12O17. The van der Waals surface area contributed by atoms with Crippen LogP contribution in [0.25, 0.3) is 21.7 Å². The number of carbonyl (C=O) groups is 10. The van der Waals surface area contributed by atoms with Gasteiger partial charge in [-0.25, -0.2) is 24.2 Å². The van der Waals surface area contributed by atoms with E-state index in [1.165, 1.54) is 47.3 Å². The number of likely N-dealkylation sites (N-methyl/N-ethyl adjacent to an activating group) is 1. The molecule has 6 aromatic rings. The summed E-state index contributed by atoms with van der Waals surface area (Å²) in [5.74, 6) is -3.33. The molecule has 2 aliphatic heterocycles. The Balaban J connectivity index is 0.858. The third kappa shape index (κ3) is 18.7. The van der Waals surface area contributed by atoms with Crippen LogP contribution in [0.15, 0.2) is 109 Å². The van der Waals surface area contributed by atoms with Gasteiger partial charge in [0.25, 0.3) is 23.6 Å². The molecule has 94 heavy (non-hydrogen) atoms. The van der Waals surface area contributed by atoms with Crippen molar-refractivity contribution in [1.29, 1.82) is 0 Å². The topological polar surface area (TPSA) is 385 Å². The quantitative estimate of drug-likeness (QED) is 0.0151. The summed E-state index contributed by atoms with van der Waals surface area (Å²) in [6.45, 7) is 2.84. The number of alkyl halides is 1. The van der Waals surface area contributed by atoms with Crippen molar-refractivity contribution >= 4 is 110 Å². The van der Waals surface area contributed by atoms with E-state index in [2.05, 4.69) is 36.6 Å². The number of fused-ring (bicyclic) bond motifs is 4. The van der Waals surface area contributed by atoms with Gasteiger partial charge < -0.3 is 85.9 Å². The third-order valence-corrected chi connectivity index (χ3v) is 15.5. The van der Waals surface area contributed by atoms with Gasteiger partial charge in [-0.2, -0.15) is 0 Å². The predicted octanol–water partition coefficient (Wildman–Crippen LogP) is 5.30. The molecule has 4 heterocycles. The summed E-state index contributed by atoms with van der Waals surface area (Å²) in [6.07, 6.45) is 1.58. The van der Waals surface area contributed by atoms with E-state index in [9.17, 15) is 58.2 Å². The molecule has 29 nitrogen and oxygen atoms in total. The van der Waals surface area contributed by atoms with Crippen molar-refractivity contribution in [1.82, 2.24) is 40.6 Å². The number of H-pyrrole nitrogens is 1. The molecule has 4 aromatic carbocycles. The lowest BCUT2D eigenvalue weighted by Crippen LogP contribution is -2.54. The number of aliphatic hydroxyl groups excluding tert-OH is 1. The zero-order valence-corrected chi connectivity index (χ0v) is 52.5. The van der Waals surface area contributed by atoms with Gasteiger partial charge >= 0.3 is 24.3 Å². The second-order valence-corrected chi connectivity index (χ2v) is 22.4. The largest absolute Gasteiger partial charge is 0.508 e. The first-order valence-electron chi connectivity index (χ1n) is 30.1. The Morgan fingerprint density at radius 3 is 2.23 bits per heavy atom. The number of aromatic hydroxyl groups is 1. The molecule has 2 aliphatic rings. The predicted molar refractivity (Wildman–Crippen MR) is 343 cm³/mol. The number of halogens is 1. The number of hydrogen-bond donors (Lipinski definition) is 9. The third-order valence-electron chi connectivity index (χ3n) is 15.1. The van der Waals surface area contributed by atoms with Gasteiger partial charge in [-0.05, 0) is 83.8 Å². The van der Waals surface area contributed by atoms with Crippen LogP contribution >= 0.6 is 11.6 Å². The number of urea groups is 1. The number of benzene rings is 4. The SMILES string of the molecule is CC(C)[C@H](NC(=O)OCCOCCN1C(=O)C=CC1=O)C(=O)N[C@@H](CCCNC(N)=O)C(=O)Nc1ccc(COC(=O)N(C)CCN(CCOCCO)C(=O)Oc2cc3c(c4ccccc24)[C@H](CCl)CN3C(=O)c2cc3cc(NC(=O)c4ccc(O)cc4)ncc3[nH]2)cc1. The highest BCUT2D eigenvalue weighted by molar-refractivity contribution is 6.19. The minimum absolute atomic E-state index is 0.00129. The number of pyridine rings is 1. The summed E-state index contributed by atoms with van der Waals surface area (Å²) in [7, 11) is 1.48. The molecule has 0 bridgehead atoms. The van der Waals surface area contributed by atoms with Gasteiger partial charge in [0.05, 0.1) is 57.0 Å². The van der Waals surface area contributed by atoms with Crippen LogP contribution in [0.4, 0.5) is 36.4 Å². The number of nitrogens with zero attached hydrogens (tertiary/aromatic N) is 5. The summed E-state index contributed by atoms with van der Waals surface area (Å²) >= 11 is 6.60. The summed E-state index contributed by atoms with van der Waals surface area (Å²) in [6, 6.07) is 21.1. The Morgan fingerprint density at radius 2 is 1.53 bits per heavy atom. The van der Waals surface area contributed by atoms with Crippen molar-refractivity contribution in [3.05, 3.63) is 132 Å². The van der Waals surface area contributed by atoms with E-state index in [1.54, 1.807) is 73.3 Å². The molecule has 11 amide bonds. The Bertz CT molecular complexity index is 3760. The number of aromatic nitrogens is 2. The monoisotopic (exact) mass is 1320 g/mol. The first-order valence-corrected chi connectivity index (χ1v) is 30.6. The van der Waals surface area contributed by atoms with E-state index in [0.29, 0.717) is 44.2 Å². The molecule has 0 saturated carbocycles. The van der Waals surface area contributed by atoms with Crippen LogP contribution in [0.5, 0.6) is 11.5 Å². The zero-order chi connectivity index (χ0) is 67.4. The minimum Gasteiger partial charge on any atom is -0.508 e. The van der Waals surface area contributed by atoms with Crippen LogP contribution in [0, 0.1) is 5.92 Å². The van der Waals surface area contributed by atoms with E-state index in [-0.39, 0.29) is 133 Å². The van der Waals surface area contributed by atoms with Gasteiger partial charge in [0.15, 0.2) is 0 Å². The number of nitrogens with two attached hydrogens (primary N) is 1. The van der Waals surface area contributed by atoms with E-state index in [0.717, 1.165) is 22.6 Å². The van der Waals surface area contributed by atoms with E-state index >= 15 is 0 Å². The van der Waals surface area contributed by atoms with Gasteiger partial charge in [0.2, 0.25) is 11.8 Å². The smallest absolute Gasteiger partial charge is 0.415 e. The van der Waals surface area contributed by atoms with Gasteiger partial charge in [0.1, 0.15) is 48.3 Å². The van der Waals surface area contributed by atoms with Crippen LogP contribution in [0.3, 0.4) is 0 Å². The highest BCUT2D eigenvalue weighted by Crippen LogP contribution is 2.46. The van der Waals surface area contributed by atoms with Crippen molar-refractivity contribution in [2.75, 3.05) is 107 Å². The van der Waals surface area contributed by atoms with Crippen molar-refractivity contribution in [2.24, 2.45) is 11.7 Å². The second-order valence-electron chi connectivity index (χ2n) is 22.1. The number of phenolic OH excluding ortho intramolecular Hbond substituents is 1. The number of ether oxygens (including phenoxy) is 5. The number of imide groups is 1. The van der Waals surface area contributed by atoms with Crippen molar-refractivity contribution in [2.45, 2.75) is 51.3 Å².